The first-order valence-electron chi connectivity index (χ1n) is 5.99. The van der Waals surface area contributed by atoms with E-state index in [0.717, 1.165) is 0 Å². The van der Waals surface area contributed by atoms with Crippen LogP contribution in [0.5, 0.6) is 5.75 Å². The molecule has 2 aromatic rings. The number of nitrogens with zero attached hydrogens (tertiary/aromatic N) is 1. The Balaban J connectivity index is 2.05. The number of rotatable bonds is 5. The minimum atomic E-state index is -0.160. The van der Waals surface area contributed by atoms with Gasteiger partial charge in [-0.2, -0.15) is 0 Å². The van der Waals surface area contributed by atoms with Gasteiger partial charge >= 0.3 is 0 Å². The summed E-state index contributed by atoms with van der Waals surface area (Å²) in [6, 6.07) is 10.7. The van der Waals surface area contributed by atoms with Gasteiger partial charge in [0.25, 0.3) is 0 Å². The van der Waals surface area contributed by atoms with E-state index < -0.39 is 0 Å². The van der Waals surface area contributed by atoms with Gasteiger partial charge in [-0.05, 0) is 24.3 Å². The number of benzene rings is 1. The van der Waals surface area contributed by atoms with Crippen LogP contribution in [0.1, 0.15) is 5.69 Å². The molecule has 1 aromatic heterocycles. The SMILES string of the molecule is COc1cccc(NC(=O)Cn2cccc2C(N)=S)c1. The monoisotopic (exact) mass is 289 g/mol. The Labute approximate surface area is 122 Å². The highest BCUT2D eigenvalue weighted by Gasteiger charge is 2.08. The van der Waals surface area contributed by atoms with E-state index in [2.05, 4.69) is 5.32 Å². The van der Waals surface area contributed by atoms with Gasteiger partial charge in [0.05, 0.1) is 12.8 Å². The summed E-state index contributed by atoms with van der Waals surface area (Å²) in [4.78, 5) is 12.3. The van der Waals surface area contributed by atoms with Crippen molar-refractivity contribution < 1.29 is 9.53 Å². The van der Waals surface area contributed by atoms with Gasteiger partial charge in [0, 0.05) is 18.0 Å². The highest BCUT2D eigenvalue weighted by atomic mass is 32.1. The lowest BCUT2D eigenvalue weighted by Crippen LogP contribution is -2.22. The molecule has 3 N–H and O–H groups in total. The Kier molecular flexibility index (Phi) is 4.37. The number of carbonyl (C=O) groups excluding carboxylic acids is 1. The number of hydrogen-bond donors (Lipinski definition) is 2. The fourth-order valence-corrected chi connectivity index (χ4v) is 2.02. The second kappa shape index (κ2) is 6.21. The number of nitrogens with two attached hydrogens (primary N) is 1. The highest BCUT2D eigenvalue weighted by Crippen LogP contribution is 2.16. The van der Waals surface area contributed by atoms with E-state index in [-0.39, 0.29) is 17.4 Å². The molecule has 0 fully saturated rings. The van der Waals surface area contributed by atoms with Crippen molar-refractivity contribution in [1.29, 1.82) is 0 Å². The van der Waals surface area contributed by atoms with E-state index in [9.17, 15) is 4.79 Å². The van der Waals surface area contributed by atoms with E-state index in [1.54, 1.807) is 42.1 Å². The number of amides is 1. The first-order chi connectivity index (χ1) is 9.60. The second-order valence-corrected chi connectivity index (χ2v) is 4.61. The predicted octanol–water partition coefficient (Wildman–Crippen LogP) is 1.77. The van der Waals surface area contributed by atoms with Crippen LogP contribution in [0.4, 0.5) is 5.69 Å². The lowest BCUT2D eigenvalue weighted by atomic mass is 10.3. The van der Waals surface area contributed by atoms with Gasteiger partial charge in [0.1, 0.15) is 17.3 Å². The molecule has 0 atom stereocenters. The van der Waals surface area contributed by atoms with Crippen molar-refractivity contribution >= 4 is 28.8 Å². The molecule has 5 nitrogen and oxygen atoms in total. The van der Waals surface area contributed by atoms with E-state index in [0.29, 0.717) is 17.1 Å². The van der Waals surface area contributed by atoms with E-state index in [1.165, 1.54) is 0 Å². The molecule has 6 heteroatoms. The Hall–Kier alpha value is -2.34. The number of carbonyl (C=O) groups is 1. The van der Waals surface area contributed by atoms with Gasteiger partial charge in [-0.25, -0.2) is 0 Å². The molecule has 1 heterocycles. The summed E-state index contributed by atoms with van der Waals surface area (Å²) < 4.78 is 6.81. The maximum Gasteiger partial charge on any atom is 0.244 e. The highest BCUT2D eigenvalue weighted by molar-refractivity contribution is 7.80. The molecule has 104 valence electrons. The fraction of sp³-hybridized carbons (Fsp3) is 0.143. The molecule has 0 unspecified atom stereocenters. The van der Waals surface area contributed by atoms with Crippen molar-refractivity contribution in [2.24, 2.45) is 5.73 Å². The lowest BCUT2D eigenvalue weighted by molar-refractivity contribution is -0.116. The molecule has 0 spiro atoms. The van der Waals surface area contributed by atoms with Gasteiger partial charge in [-0.15, -0.1) is 0 Å². The smallest absolute Gasteiger partial charge is 0.244 e. The van der Waals surface area contributed by atoms with Crippen molar-refractivity contribution in [3.05, 3.63) is 48.3 Å². The number of thiocarbonyl (C=S) groups is 1. The molecule has 0 bridgehead atoms. The zero-order chi connectivity index (χ0) is 14.5. The Morgan fingerprint density at radius 1 is 1.40 bits per heavy atom. The summed E-state index contributed by atoms with van der Waals surface area (Å²) in [5, 5.41) is 2.80. The molecule has 20 heavy (non-hydrogen) atoms. The minimum Gasteiger partial charge on any atom is -0.497 e. The predicted molar refractivity (Wildman–Crippen MR) is 81.9 cm³/mol. The van der Waals surface area contributed by atoms with Gasteiger partial charge in [-0.3, -0.25) is 4.79 Å². The first-order valence-corrected chi connectivity index (χ1v) is 6.40. The van der Waals surface area contributed by atoms with Crippen LogP contribution >= 0.6 is 12.2 Å². The third-order valence-electron chi connectivity index (χ3n) is 2.75. The van der Waals surface area contributed by atoms with E-state index >= 15 is 0 Å². The lowest BCUT2D eigenvalue weighted by Gasteiger charge is -2.10. The molecular formula is C14H15N3O2S. The molecule has 0 saturated carbocycles. The third kappa shape index (κ3) is 3.36. The summed E-state index contributed by atoms with van der Waals surface area (Å²) in [5.41, 5.74) is 6.93. The third-order valence-corrected chi connectivity index (χ3v) is 2.96. The molecule has 0 aliphatic rings. The molecule has 0 aliphatic heterocycles. The van der Waals surface area contributed by atoms with Gasteiger partial charge in [-0.1, -0.05) is 18.3 Å². The largest absolute Gasteiger partial charge is 0.497 e. The van der Waals surface area contributed by atoms with Crippen LogP contribution in [0.3, 0.4) is 0 Å². The minimum absolute atomic E-state index is 0.150. The molecule has 0 saturated heterocycles. The maximum atomic E-state index is 12.0. The molecule has 0 radical (unpaired) electrons. The number of hydrogen-bond acceptors (Lipinski definition) is 3. The van der Waals surface area contributed by atoms with Crippen molar-refractivity contribution in [3.8, 4) is 5.75 Å². The van der Waals surface area contributed by atoms with E-state index in [1.807, 2.05) is 12.1 Å². The molecule has 0 aliphatic carbocycles. The molecule has 1 amide bonds. The average Bonchev–Trinajstić information content (AvgIpc) is 2.87. The Morgan fingerprint density at radius 2 is 2.20 bits per heavy atom. The second-order valence-electron chi connectivity index (χ2n) is 4.17. The normalized spacial score (nSPS) is 10.1. The molecule has 2 rings (SSSR count). The maximum absolute atomic E-state index is 12.0. The van der Waals surface area contributed by atoms with Gasteiger partial charge in [0.2, 0.25) is 5.91 Å². The summed E-state index contributed by atoms with van der Waals surface area (Å²) >= 11 is 4.93. The summed E-state index contributed by atoms with van der Waals surface area (Å²) in [7, 11) is 1.58. The Morgan fingerprint density at radius 3 is 2.90 bits per heavy atom. The van der Waals surface area contributed by atoms with Crippen molar-refractivity contribution in [2.75, 3.05) is 12.4 Å². The van der Waals surface area contributed by atoms with Crippen LogP contribution in [0.15, 0.2) is 42.6 Å². The van der Waals surface area contributed by atoms with Crippen molar-refractivity contribution in [3.63, 3.8) is 0 Å². The molecular weight excluding hydrogens is 274 g/mol. The first kappa shape index (κ1) is 14.1. The Bertz CT molecular complexity index is 637. The van der Waals surface area contributed by atoms with Crippen molar-refractivity contribution in [1.82, 2.24) is 4.57 Å². The van der Waals surface area contributed by atoms with Gasteiger partial charge in [0.15, 0.2) is 0 Å². The van der Waals surface area contributed by atoms with Crippen LogP contribution in [0.25, 0.3) is 0 Å². The number of aromatic nitrogens is 1. The van der Waals surface area contributed by atoms with Crippen LogP contribution < -0.4 is 15.8 Å². The van der Waals surface area contributed by atoms with Crippen molar-refractivity contribution in [2.45, 2.75) is 6.54 Å². The fourth-order valence-electron chi connectivity index (χ4n) is 1.83. The zero-order valence-corrected chi connectivity index (χ0v) is 11.8. The number of nitrogens with one attached hydrogen (secondary N) is 1. The summed E-state index contributed by atoms with van der Waals surface area (Å²) in [5.74, 6) is 0.527. The van der Waals surface area contributed by atoms with Crippen LogP contribution in [-0.4, -0.2) is 22.6 Å². The number of ether oxygens (including phenoxy) is 1. The van der Waals surface area contributed by atoms with Gasteiger partial charge < -0.3 is 20.4 Å². The topological polar surface area (TPSA) is 69.3 Å². The average molecular weight is 289 g/mol. The zero-order valence-electron chi connectivity index (χ0n) is 11.0. The quantitative estimate of drug-likeness (QED) is 0.823. The summed E-state index contributed by atoms with van der Waals surface area (Å²) in [6.45, 7) is 0.150. The van der Waals surface area contributed by atoms with Crippen LogP contribution in [0.2, 0.25) is 0 Å². The standard InChI is InChI=1S/C14H15N3O2S/c1-19-11-5-2-4-10(8-11)16-13(18)9-17-7-3-6-12(17)14(15)20/h2-8H,9H2,1H3,(H2,15,20)(H,16,18). The van der Waals surface area contributed by atoms with Crippen LogP contribution in [-0.2, 0) is 11.3 Å². The number of anilines is 1. The molecule has 1 aromatic carbocycles. The number of methoxy groups -OCH3 is 1. The van der Waals surface area contributed by atoms with E-state index in [4.69, 9.17) is 22.7 Å². The summed E-state index contributed by atoms with van der Waals surface area (Å²) in [6.07, 6.45) is 1.76. The van der Waals surface area contributed by atoms with Crippen LogP contribution in [0, 0.1) is 0 Å².